The Balaban J connectivity index is 2.00. The molecule has 1 aromatic carbocycles. The molecule has 0 aromatic heterocycles. The van der Waals surface area contributed by atoms with E-state index in [9.17, 15) is 9.90 Å². The predicted octanol–water partition coefficient (Wildman–Crippen LogP) is 3.02. The Hall–Kier alpha value is -0.810. The molecule has 0 saturated carbocycles. The van der Waals surface area contributed by atoms with Crippen molar-refractivity contribution in [3.05, 3.63) is 28.2 Å². The van der Waals surface area contributed by atoms with Gasteiger partial charge in [0.05, 0.1) is 16.8 Å². The van der Waals surface area contributed by atoms with Gasteiger partial charge in [0, 0.05) is 18.2 Å². The molecule has 1 aromatic rings. The maximum absolute atomic E-state index is 12.4. The molecule has 1 fully saturated rings. The standard InChI is InChI=1S/C15H20Cl2N2O2/c1-10(19-6-2-3-11(8-19)9-20)15(21)18-14-7-12(16)4-5-13(14)17/h4-5,7,10-11,20H,2-3,6,8-9H2,1H3,(H,18,21). The summed E-state index contributed by atoms with van der Waals surface area (Å²) in [6.45, 7) is 3.65. The number of piperidine rings is 1. The number of hydrogen-bond donors (Lipinski definition) is 2. The number of hydrogen-bond acceptors (Lipinski definition) is 3. The normalized spacial score (nSPS) is 21.0. The smallest absolute Gasteiger partial charge is 0.241 e. The number of rotatable bonds is 4. The van der Waals surface area contributed by atoms with Crippen LogP contribution in [0.1, 0.15) is 19.8 Å². The lowest BCUT2D eigenvalue weighted by molar-refractivity contribution is -0.121. The van der Waals surface area contributed by atoms with Crippen molar-refractivity contribution in [1.29, 1.82) is 0 Å². The van der Waals surface area contributed by atoms with E-state index in [1.807, 2.05) is 6.92 Å². The van der Waals surface area contributed by atoms with Crippen molar-refractivity contribution < 1.29 is 9.90 Å². The van der Waals surface area contributed by atoms with E-state index in [-0.39, 0.29) is 24.5 Å². The molecule has 0 bridgehead atoms. The van der Waals surface area contributed by atoms with Crippen molar-refractivity contribution in [3.63, 3.8) is 0 Å². The summed E-state index contributed by atoms with van der Waals surface area (Å²) in [7, 11) is 0. The summed E-state index contributed by atoms with van der Waals surface area (Å²) in [4.78, 5) is 14.4. The molecule has 0 radical (unpaired) electrons. The lowest BCUT2D eigenvalue weighted by Crippen LogP contribution is -2.47. The number of nitrogens with zero attached hydrogens (tertiary/aromatic N) is 1. The molecule has 116 valence electrons. The summed E-state index contributed by atoms with van der Waals surface area (Å²) in [5.41, 5.74) is 0.525. The average Bonchev–Trinajstić information content (AvgIpc) is 2.50. The largest absolute Gasteiger partial charge is 0.396 e. The lowest BCUT2D eigenvalue weighted by Gasteiger charge is -2.35. The van der Waals surface area contributed by atoms with E-state index in [1.165, 1.54) is 0 Å². The molecular formula is C15H20Cl2N2O2. The Morgan fingerprint density at radius 2 is 2.29 bits per heavy atom. The zero-order valence-electron chi connectivity index (χ0n) is 12.0. The number of likely N-dealkylation sites (tertiary alicyclic amines) is 1. The topological polar surface area (TPSA) is 52.6 Å². The van der Waals surface area contributed by atoms with Crippen molar-refractivity contribution in [1.82, 2.24) is 4.90 Å². The zero-order chi connectivity index (χ0) is 15.4. The molecule has 1 aliphatic rings. The minimum absolute atomic E-state index is 0.113. The van der Waals surface area contributed by atoms with E-state index in [0.717, 1.165) is 25.9 Å². The van der Waals surface area contributed by atoms with E-state index in [1.54, 1.807) is 18.2 Å². The summed E-state index contributed by atoms with van der Waals surface area (Å²) in [5.74, 6) is 0.140. The van der Waals surface area contributed by atoms with Crippen molar-refractivity contribution in [2.75, 3.05) is 25.0 Å². The van der Waals surface area contributed by atoms with E-state index < -0.39 is 0 Å². The Morgan fingerprint density at radius 1 is 1.52 bits per heavy atom. The van der Waals surface area contributed by atoms with Crippen molar-refractivity contribution in [2.45, 2.75) is 25.8 Å². The van der Waals surface area contributed by atoms with Crippen LogP contribution < -0.4 is 5.32 Å². The summed E-state index contributed by atoms with van der Waals surface area (Å²) in [5, 5.41) is 13.1. The number of benzene rings is 1. The van der Waals surface area contributed by atoms with Gasteiger partial charge in [0.15, 0.2) is 0 Å². The second kappa shape index (κ2) is 7.45. The van der Waals surface area contributed by atoms with Crippen molar-refractivity contribution in [3.8, 4) is 0 Å². The van der Waals surface area contributed by atoms with Crippen LogP contribution in [-0.2, 0) is 4.79 Å². The summed E-state index contributed by atoms with van der Waals surface area (Å²) in [6.07, 6.45) is 2.02. The fourth-order valence-electron chi connectivity index (χ4n) is 2.59. The number of carbonyl (C=O) groups is 1. The van der Waals surface area contributed by atoms with E-state index in [0.29, 0.717) is 15.7 Å². The van der Waals surface area contributed by atoms with Crippen LogP contribution in [0, 0.1) is 5.92 Å². The minimum atomic E-state index is -0.269. The van der Waals surface area contributed by atoms with Crippen LogP contribution in [-0.4, -0.2) is 41.7 Å². The molecule has 2 N–H and O–H groups in total. The molecule has 0 spiro atoms. The van der Waals surface area contributed by atoms with Gasteiger partial charge < -0.3 is 10.4 Å². The highest BCUT2D eigenvalue weighted by Gasteiger charge is 2.27. The van der Waals surface area contributed by atoms with Crippen LogP contribution in [0.2, 0.25) is 10.0 Å². The number of amides is 1. The Kier molecular flexibility index (Phi) is 5.88. The number of aliphatic hydroxyl groups excluding tert-OH is 1. The minimum Gasteiger partial charge on any atom is -0.396 e. The molecule has 1 heterocycles. The number of nitrogens with one attached hydrogen (secondary N) is 1. The molecule has 1 amide bonds. The van der Waals surface area contributed by atoms with Crippen LogP contribution in [0.3, 0.4) is 0 Å². The van der Waals surface area contributed by atoms with E-state index in [4.69, 9.17) is 23.2 Å². The van der Waals surface area contributed by atoms with E-state index in [2.05, 4.69) is 10.2 Å². The number of halogens is 2. The van der Waals surface area contributed by atoms with Crippen LogP contribution in [0.25, 0.3) is 0 Å². The third-order valence-corrected chi connectivity index (χ3v) is 4.49. The monoisotopic (exact) mass is 330 g/mol. The first-order valence-corrected chi connectivity index (χ1v) is 7.87. The van der Waals surface area contributed by atoms with Crippen molar-refractivity contribution in [2.24, 2.45) is 5.92 Å². The SMILES string of the molecule is CC(C(=O)Nc1cc(Cl)ccc1Cl)N1CCCC(CO)C1. The van der Waals surface area contributed by atoms with Gasteiger partial charge in [-0.2, -0.15) is 0 Å². The van der Waals surface area contributed by atoms with Gasteiger partial charge in [-0.3, -0.25) is 9.69 Å². The molecule has 2 rings (SSSR count). The second-order valence-electron chi connectivity index (χ2n) is 5.48. The van der Waals surface area contributed by atoms with Gasteiger partial charge in [-0.15, -0.1) is 0 Å². The molecule has 1 saturated heterocycles. The van der Waals surface area contributed by atoms with Gasteiger partial charge in [-0.25, -0.2) is 0 Å². The first kappa shape index (κ1) is 16.6. The Labute approximate surface area is 135 Å². The van der Waals surface area contributed by atoms with Crippen LogP contribution in [0.15, 0.2) is 18.2 Å². The summed E-state index contributed by atoms with van der Waals surface area (Å²) in [6, 6.07) is 4.71. The summed E-state index contributed by atoms with van der Waals surface area (Å²) >= 11 is 12.0. The highest BCUT2D eigenvalue weighted by molar-refractivity contribution is 6.35. The zero-order valence-corrected chi connectivity index (χ0v) is 13.5. The first-order valence-electron chi connectivity index (χ1n) is 7.12. The highest BCUT2D eigenvalue weighted by Crippen LogP contribution is 2.26. The fourth-order valence-corrected chi connectivity index (χ4v) is 2.93. The molecule has 2 unspecified atom stereocenters. The van der Waals surface area contributed by atoms with Gasteiger partial charge in [-0.1, -0.05) is 23.2 Å². The lowest BCUT2D eigenvalue weighted by atomic mass is 9.97. The first-order chi connectivity index (χ1) is 10.0. The average molecular weight is 331 g/mol. The molecule has 6 heteroatoms. The molecular weight excluding hydrogens is 311 g/mol. The Morgan fingerprint density at radius 3 is 3.00 bits per heavy atom. The van der Waals surface area contributed by atoms with Gasteiger partial charge >= 0.3 is 0 Å². The van der Waals surface area contributed by atoms with Crippen LogP contribution in [0.4, 0.5) is 5.69 Å². The number of anilines is 1. The number of carbonyl (C=O) groups excluding carboxylic acids is 1. The van der Waals surface area contributed by atoms with Crippen molar-refractivity contribution >= 4 is 34.8 Å². The van der Waals surface area contributed by atoms with Crippen LogP contribution in [0.5, 0.6) is 0 Å². The van der Waals surface area contributed by atoms with Crippen LogP contribution >= 0.6 is 23.2 Å². The quantitative estimate of drug-likeness (QED) is 0.892. The maximum Gasteiger partial charge on any atom is 0.241 e. The van der Waals surface area contributed by atoms with Gasteiger partial charge in [0.1, 0.15) is 0 Å². The third-order valence-electron chi connectivity index (χ3n) is 3.92. The highest BCUT2D eigenvalue weighted by atomic mass is 35.5. The van der Waals surface area contributed by atoms with E-state index >= 15 is 0 Å². The van der Waals surface area contributed by atoms with Gasteiger partial charge in [0.2, 0.25) is 5.91 Å². The third kappa shape index (κ3) is 4.33. The van der Waals surface area contributed by atoms with Gasteiger partial charge in [0.25, 0.3) is 0 Å². The molecule has 21 heavy (non-hydrogen) atoms. The molecule has 2 atom stereocenters. The summed E-state index contributed by atoms with van der Waals surface area (Å²) < 4.78 is 0. The molecule has 1 aliphatic heterocycles. The molecule has 4 nitrogen and oxygen atoms in total. The number of aliphatic hydroxyl groups is 1. The Bertz CT molecular complexity index is 510. The fraction of sp³-hybridized carbons (Fsp3) is 0.533. The molecule has 0 aliphatic carbocycles. The second-order valence-corrected chi connectivity index (χ2v) is 6.32. The van der Waals surface area contributed by atoms with Gasteiger partial charge in [-0.05, 0) is 50.4 Å². The maximum atomic E-state index is 12.4. The predicted molar refractivity (Wildman–Crippen MR) is 85.9 cm³/mol.